The van der Waals surface area contributed by atoms with Gasteiger partial charge < -0.3 is 15.8 Å². The third-order valence-corrected chi connectivity index (χ3v) is 2.26. The van der Waals surface area contributed by atoms with Gasteiger partial charge in [-0.2, -0.15) is 0 Å². The molecule has 16 heavy (non-hydrogen) atoms. The molecule has 0 spiro atoms. The van der Waals surface area contributed by atoms with Gasteiger partial charge in [-0.1, -0.05) is 18.2 Å². The van der Waals surface area contributed by atoms with Gasteiger partial charge in [-0.15, -0.1) is 0 Å². The van der Waals surface area contributed by atoms with Gasteiger partial charge in [-0.3, -0.25) is 4.79 Å². The largest absolute Gasteiger partial charge is 0.384 e. The Balaban J connectivity index is 2.74. The first-order chi connectivity index (χ1) is 7.65. The molecular weight excluding hydrogens is 204 g/mol. The number of hydrogen-bond acceptors (Lipinski definition) is 3. The van der Waals surface area contributed by atoms with Crippen LogP contribution in [0.25, 0.3) is 0 Å². The zero-order valence-corrected chi connectivity index (χ0v) is 9.69. The molecule has 1 aromatic carbocycles. The third kappa shape index (κ3) is 3.64. The second kappa shape index (κ2) is 6.25. The second-order valence-corrected chi connectivity index (χ2v) is 3.68. The maximum atomic E-state index is 11.5. The number of amides is 1. The first-order valence-electron chi connectivity index (χ1n) is 5.28. The summed E-state index contributed by atoms with van der Waals surface area (Å²) in [7, 11) is 1.66. The molecule has 3 N–H and O–H groups in total. The van der Waals surface area contributed by atoms with Crippen LogP contribution in [0.4, 0.5) is 5.69 Å². The standard InChI is InChI=1S/C12H18N2O2/c1-9(13)12(15)14-11-6-4-3-5-10(11)7-8-16-2/h3-6,9H,7-8,13H2,1-2H3,(H,14,15). The molecule has 0 fully saturated rings. The lowest BCUT2D eigenvalue weighted by atomic mass is 10.1. The summed E-state index contributed by atoms with van der Waals surface area (Å²) in [6.07, 6.45) is 0.770. The lowest BCUT2D eigenvalue weighted by molar-refractivity contribution is -0.117. The van der Waals surface area contributed by atoms with Crippen LogP contribution in [0.3, 0.4) is 0 Å². The molecule has 4 nitrogen and oxygen atoms in total. The van der Waals surface area contributed by atoms with Crippen molar-refractivity contribution in [3.63, 3.8) is 0 Å². The van der Waals surface area contributed by atoms with Crippen molar-refractivity contribution in [1.29, 1.82) is 0 Å². The Hall–Kier alpha value is -1.39. The van der Waals surface area contributed by atoms with Gasteiger partial charge in [0.15, 0.2) is 0 Å². The Morgan fingerprint density at radius 3 is 2.81 bits per heavy atom. The number of anilines is 1. The second-order valence-electron chi connectivity index (χ2n) is 3.68. The summed E-state index contributed by atoms with van der Waals surface area (Å²) in [6.45, 7) is 2.29. The highest BCUT2D eigenvalue weighted by molar-refractivity contribution is 5.95. The summed E-state index contributed by atoms with van der Waals surface area (Å²) < 4.78 is 5.02. The molecule has 0 aromatic heterocycles. The fraction of sp³-hybridized carbons (Fsp3) is 0.417. The Morgan fingerprint density at radius 2 is 2.19 bits per heavy atom. The minimum absolute atomic E-state index is 0.176. The monoisotopic (exact) mass is 222 g/mol. The number of benzene rings is 1. The van der Waals surface area contributed by atoms with Gasteiger partial charge in [0.05, 0.1) is 12.6 Å². The van der Waals surface area contributed by atoms with E-state index in [2.05, 4.69) is 5.32 Å². The minimum Gasteiger partial charge on any atom is -0.384 e. The van der Waals surface area contributed by atoms with Gasteiger partial charge in [0, 0.05) is 12.8 Å². The van der Waals surface area contributed by atoms with Gasteiger partial charge in [0.1, 0.15) is 0 Å². The predicted molar refractivity (Wildman–Crippen MR) is 64.3 cm³/mol. The summed E-state index contributed by atoms with van der Waals surface area (Å²) in [5.41, 5.74) is 7.36. The highest BCUT2D eigenvalue weighted by Crippen LogP contribution is 2.15. The van der Waals surface area contributed by atoms with E-state index in [0.717, 1.165) is 17.7 Å². The van der Waals surface area contributed by atoms with Gasteiger partial charge in [0.2, 0.25) is 5.91 Å². The lowest BCUT2D eigenvalue weighted by Gasteiger charge is -2.12. The molecular formula is C12H18N2O2. The molecule has 0 heterocycles. The zero-order chi connectivity index (χ0) is 12.0. The number of hydrogen-bond donors (Lipinski definition) is 2. The number of carbonyl (C=O) groups is 1. The van der Waals surface area contributed by atoms with E-state index in [-0.39, 0.29) is 5.91 Å². The molecule has 0 aliphatic carbocycles. The van der Waals surface area contributed by atoms with Crippen LogP contribution in [0, 0.1) is 0 Å². The Kier molecular flexibility index (Phi) is 4.95. The number of carbonyl (C=O) groups excluding carboxylic acids is 1. The molecule has 4 heteroatoms. The van der Waals surface area contributed by atoms with Gasteiger partial charge in [-0.05, 0) is 25.0 Å². The van der Waals surface area contributed by atoms with E-state index in [1.54, 1.807) is 14.0 Å². The molecule has 0 saturated carbocycles. The first-order valence-corrected chi connectivity index (χ1v) is 5.28. The number of nitrogens with two attached hydrogens (primary N) is 1. The maximum absolute atomic E-state index is 11.5. The predicted octanol–water partition coefficient (Wildman–Crippen LogP) is 1.16. The molecule has 0 radical (unpaired) electrons. The fourth-order valence-corrected chi connectivity index (χ4v) is 1.32. The van der Waals surface area contributed by atoms with Crippen LogP contribution in [0.15, 0.2) is 24.3 Å². The minimum atomic E-state index is -0.504. The normalized spacial score (nSPS) is 12.2. The molecule has 1 aromatic rings. The van der Waals surface area contributed by atoms with Crippen molar-refractivity contribution in [3.05, 3.63) is 29.8 Å². The lowest BCUT2D eigenvalue weighted by Crippen LogP contribution is -2.32. The number of nitrogens with one attached hydrogen (secondary N) is 1. The van der Waals surface area contributed by atoms with Crippen LogP contribution in [0.1, 0.15) is 12.5 Å². The van der Waals surface area contributed by atoms with Gasteiger partial charge in [0.25, 0.3) is 0 Å². The SMILES string of the molecule is COCCc1ccccc1NC(=O)C(C)N. The molecule has 1 atom stereocenters. The van der Waals surface area contributed by atoms with Crippen molar-refractivity contribution in [3.8, 4) is 0 Å². The van der Waals surface area contributed by atoms with E-state index in [1.165, 1.54) is 0 Å². The van der Waals surface area contributed by atoms with Crippen molar-refractivity contribution in [2.45, 2.75) is 19.4 Å². The molecule has 1 unspecified atom stereocenters. The number of para-hydroxylation sites is 1. The maximum Gasteiger partial charge on any atom is 0.241 e. The number of rotatable bonds is 5. The third-order valence-electron chi connectivity index (χ3n) is 2.26. The highest BCUT2D eigenvalue weighted by atomic mass is 16.5. The number of methoxy groups -OCH3 is 1. The van der Waals surface area contributed by atoms with Gasteiger partial charge >= 0.3 is 0 Å². The van der Waals surface area contributed by atoms with Crippen LogP contribution in [-0.2, 0) is 16.0 Å². The van der Waals surface area contributed by atoms with Crippen LogP contribution in [0.2, 0.25) is 0 Å². The Bertz CT molecular complexity index is 351. The Labute approximate surface area is 95.8 Å². The molecule has 0 aliphatic rings. The number of ether oxygens (including phenoxy) is 1. The van der Waals surface area contributed by atoms with E-state index in [0.29, 0.717) is 6.61 Å². The van der Waals surface area contributed by atoms with E-state index in [9.17, 15) is 4.79 Å². The van der Waals surface area contributed by atoms with Gasteiger partial charge in [-0.25, -0.2) is 0 Å². The molecule has 0 saturated heterocycles. The van der Waals surface area contributed by atoms with E-state index in [4.69, 9.17) is 10.5 Å². The summed E-state index contributed by atoms with van der Waals surface area (Å²) >= 11 is 0. The zero-order valence-electron chi connectivity index (χ0n) is 9.69. The molecule has 1 amide bonds. The van der Waals surface area contributed by atoms with Crippen LogP contribution < -0.4 is 11.1 Å². The molecule has 0 bridgehead atoms. The van der Waals surface area contributed by atoms with Crippen LogP contribution in [0.5, 0.6) is 0 Å². The van der Waals surface area contributed by atoms with Crippen LogP contribution >= 0.6 is 0 Å². The van der Waals surface area contributed by atoms with E-state index < -0.39 is 6.04 Å². The average Bonchev–Trinajstić information content (AvgIpc) is 2.27. The summed E-state index contributed by atoms with van der Waals surface area (Å²) in [5.74, 6) is -0.176. The molecule has 1 rings (SSSR count). The van der Waals surface area contributed by atoms with Crippen LogP contribution in [-0.4, -0.2) is 25.7 Å². The van der Waals surface area contributed by atoms with Crippen molar-refractivity contribution in [2.75, 3.05) is 19.0 Å². The van der Waals surface area contributed by atoms with Crippen molar-refractivity contribution in [2.24, 2.45) is 5.73 Å². The summed E-state index contributed by atoms with van der Waals surface area (Å²) in [4.78, 5) is 11.5. The topological polar surface area (TPSA) is 64.3 Å². The van der Waals surface area contributed by atoms with E-state index >= 15 is 0 Å². The quantitative estimate of drug-likeness (QED) is 0.785. The van der Waals surface area contributed by atoms with Crippen molar-refractivity contribution in [1.82, 2.24) is 0 Å². The summed E-state index contributed by atoms with van der Waals surface area (Å²) in [6, 6.07) is 7.15. The fourth-order valence-electron chi connectivity index (χ4n) is 1.32. The highest BCUT2D eigenvalue weighted by Gasteiger charge is 2.09. The Morgan fingerprint density at radius 1 is 1.50 bits per heavy atom. The average molecular weight is 222 g/mol. The first kappa shape index (κ1) is 12.7. The molecule has 88 valence electrons. The van der Waals surface area contributed by atoms with Crippen molar-refractivity contribution >= 4 is 11.6 Å². The summed E-state index contributed by atoms with van der Waals surface area (Å²) in [5, 5.41) is 2.80. The molecule has 0 aliphatic heterocycles. The smallest absolute Gasteiger partial charge is 0.241 e. The van der Waals surface area contributed by atoms with Crippen molar-refractivity contribution < 1.29 is 9.53 Å². The van der Waals surface area contributed by atoms with E-state index in [1.807, 2.05) is 24.3 Å².